The second kappa shape index (κ2) is 4.94. The number of rotatable bonds is 4. The summed E-state index contributed by atoms with van der Waals surface area (Å²) in [7, 11) is 0. The number of primary amides is 1. The number of halogens is 3. The molecule has 94 valence electrons. The van der Waals surface area contributed by atoms with Gasteiger partial charge < -0.3 is 16.2 Å². The van der Waals surface area contributed by atoms with E-state index in [1.165, 1.54) is 18.2 Å². The minimum atomic E-state index is -4.30. The van der Waals surface area contributed by atoms with Gasteiger partial charge >= 0.3 is 6.18 Å². The molecule has 0 radical (unpaired) electrons. The first-order chi connectivity index (χ1) is 7.81. The highest BCUT2D eigenvalue weighted by Gasteiger charge is 2.27. The second-order valence-corrected chi connectivity index (χ2v) is 3.30. The summed E-state index contributed by atoms with van der Waals surface area (Å²) in [5.41, 5.74) is 10.5. The summed E-state index contributed by atoms with van der Waals surface area (Å²) in [6.45, 7) is -0.560. The Bertz CT molecular complexity index is 419. The number of benzene rings is 1. The Kier molecular flexibility index (Phi) is 3.82. The summed E-state index contributed by atoms with van der Waals surface area (Å²) in [6.07, 6.45) is -5.39. The number of hydrogen-bond acceptors (Lipinski definition) is 3. The molecule has 0 aliphatic heterocycles. The van der Waals surface area contributed by atoms with Crippen molar-refractivity contribution >= 4 is 11.6 Å². The molecule has 0 heterocycles. The molecule has 0 bridgehead atoms. The fourth-order valence-electron chi connectivity index (χ4n) is 1.16. The van der Waals surface area contributed by atoms with E-state index in [4.69, 9.17) is 16.2 Å². The summed E-state index contributed by atoms with van der Waals surface area (Å²) in [4.78, 5) is 10.9. The molecular weight excluding hydrogens is 237 g/mol. The lowest BCUT2D eigenvalue weighted by molar-refractivity contribution is -0.139. The van der Waals surface area contributed by atoms with Crippen LogP contribution in [0.15, 0.2) is 18.2 Å². The molecule has 0 fully saturated rings. The molecular formula is C10H11F3N2O2. The number of nitrogen functional groups attached to an aromatic ring is 1. The molecule has 0 spiro atoms. The maximum atomic E-state index is 11.9. The maximum absolute atomic E-state index is 11.9. The Hall–Kier alpha value is -1.92. The van der Waals surface area contributed by atoms with Gasteiger partial charge in [0, 0.05) is 0 Å². The number of anilines is 1. The molecule has 17 heavy (non-hydrogen) atoms. The smallest absolute Gasteiger partial charge is 0.392 e. The minimum absolute atomic E-state index is 0.0190. The molecule has 0 atom stereocenters. The molecule has 0 saturated heterocycles. The van der Waals surface area contributed by atoms with Gasteiger partial charge in [-0.25, -0.2) is 0 Å². The number of alkyl halides is 3. The zero-order valence-electron chi connectivity index (χ0n) is 8.75. The van der Waals surface area contributed by atoms with E-state index in [2.05, 4.69) is 0 Å². The fourth-order valence-corrected chi connectivity index (χ4v) is 1.16. The van der Waals surface area contributed by atoms with Crippen LogP contribution >= 0.6 is 0 Å². The summed E-state index contributed by atoms with van der Waals surface area (Å²) in [5.74, 6) is -0.741. The van der Waals surface area contributed by atoms with Gasteiger partial charge in [0.15, 0.2) is 0 Å². The lowest BCUT2D eigenvalue weighted by Crippen LogP contribution is -2.16. The van der Waals surface area contributed by atoms with E-state index in [1.54, 1.807) is 0 Å². The molecule has 0 saturated carbocycles. The van der Waals surface area contributed by atoms with Crippen LogP contribution in [-0.2, 0) is 0 Å². The number of carbonyl (C=O) groups excluding carboxylic acids is 1. The Labute approximate surface area is 95.3 Å². The average molecular weight is 248 g/mol. The summed E-state index contributed by atoms with van der Waals surface area (Å²) < 4.78 is 40.5. The normalized spacial score (nSPS) is 11.2. The Balaban J connectivity index is 2.72. The molecule has 1 aromatic rings. The number of para-hydroxylation sites is 1. The van der Waals surface area contributed by atoms with Crippen molar-refractivity contribution in [1.29, 1.82) is 0 Å². The number of amides is 1. The highest BCUT2D eigenvalue weighted by atomic mass is 19.4. The largest absolute Gasteiger partial charge is 0.491 e. The molecule has 0 aliphatic rings. The molecule has 1 amide bonds. The molecule has 4 N–H and O–H groups in total. The SMILES string of the molecule is NC(=O)c1cccc(OCCC(F)(F)F)c1N. The first kappa shape index (κ1) is 13.1. The van der Waals surface area contributed by atoms with Crippen molar-refractivity contribution in [2.75, 3.05) is 12.3 Å². The van der Waals surface area contributed by atoms with Crippen molar-refractivity contribution in [2.45, 2.75) is 12.6 Å². The van der Waals surface area contributed by atoms with Gasteiger partial charge in [0.2, 0.25) is 0 Å². The van der Waals surface area contributed by atoms with E-state index in [-0.39, 0.29) is 17.0 Å². The first-order valence-electron chi connectivity index (χ1n) is 4.69. The topological polar surface area (TPSA) is 78.3 Å². The monoisotopic (exact) mass is 248 g/mol. The predicted molar refractivity (Wildman–Crippen MR) is 55.5 cm³/mol. The lowest BCUT2D eigenvalue weighted by Gasteiger charge is -2.11. The van der Waals surface area contributed by atoms with Gasteiger partial charge in [-0.15, -0.1) is 0 Å². The first-order valence-corrected chi connectivity index (χ1v) is 4.69. The van der Waals surface area contributed by atoms with Crippen molar-refractivity contribution in [3.05, 3.63) is 23.8 Å². The summed E-state index contributed by atoms with van der Waals surface area (Å²) in [5, 5.41) is 0. The Morgan fingerprint density at radius 1 is 1.35 bits per heavy atom. The lowest BCUT2D eigenvalue weighted by atomic mass is 10.1. The molecule has 1 aromatic carbocycles. The number of carbonyl (C=O) groups is 1. The molecule has 0 aromatic heterocycles. The average Bonchev–Trinajstić information content (AvgIpc) is 2.18. The van der Waals surface area contributed by atoms with Crippen LogP contribution in [0.1, 0.15) is 16.8 Å². The van der Waals surface area contributed by atoms with Crippen molar-refractivity contribution in [1.82, 2.24) is 0 Å². The van der Waals surface area contributed by atoms with Gasteiger partial charge in [-0.05, 0) is 12.1 Å². The van der Waals surface area contributed by atoms with Crippen LogP contribution in [-0.4, -0.2) is 18.7 Å². The van der Waals surface area contributed by atoms with Crippen LogP contribution < -0.4 is 16.2 Å². The maximum Gasteiger partial charge on any atom is 0.392 e. The highest BCUT2D eigenvalue weighted by molar-refractivity contribution is 5.99. The second-order valence-electron chi connectivity index (χ2n) is 3.30. The van der Waals surface area contributed by atoms with Crippen molar-refractivity contribution in [2.24, 2.45) is 5.73 Å². The molecule has 4 nitrogen and oxygen atoms in total. The Morgan fingerprint density at radius 2 is 2.00 bits per heavy atom. The van der Waals surface area contributed by atoms with Gasteiger partial charge in [0.05, 0.1) is 24.3 Å². The molecule has 1 rings (SSSR count). The minimum Gasteiger partial charge on any atom is -0.491 e. The van der Waals surface area contributed by atoms with E-state index < -0.39 is 25.1 Å². The van der Waals surface area contributed by atoms with Crippen LogP contribution in [0.4, 0.5) is 18.9 Å². The van der Waals surface area contributed by atoms with Crippen molar-refractivity contribution < 1.29 is 22.7 Å². The van der Waals surface area contributed by atoms with Gasteiger partial charge in [0.25, 0.3) is 5.91 Å². The molecule has 0 aliphatic carbocycles. The molecule has 7 heteroatoms. The number of nitrogens with two attached hydrogens (primary N) is 2. The quantitative estimate of drug-likeness (QED) is 0.796. The number of ether oxygens (including phenoxy) is 1. The molecule has 0 unspecified atom stereocenters. The van der Waals surface area contributed by atoms with Crippen LogP contribution in [0.3, 0.4) is 0 Å². The van der Waals surface area contributed by atoms with Crippen LogP contribution in [0.25, 0.3) is 0 Å². The highest BCUT2D eigenvalue weighted by Crippen LogP contribution is 2.26. The van der Waals surface area contributed by atoms with E-state index in [0.29, 0.717) is 0 Å². The van der Waals surface area contributed by atoms with Crippen LogP contribution in [0.5, 0.6) is 5.75 Å². The van der Waals surface area contributed by atoms with Crippen molar-refractivity contribution in [3.8, 4) is 5.75 Å². The van der Waals surface area contributed by atoms with Crippen molar-refractivity contribution in [3.63, 3.8) is 0 Å². The van der Waals surface area contributed by atoms with Gasteiger partial charge in [-0.1, -0.05) is 6.07 Å². The zero-order chi connectivity index (χ0) is 13.1. The third-order valence-electron chi connectivity index (χ3n) is 1.97. The van der Waals surface area contributed by atoms with E-state index in [1.807, 2.05) is 0 Å². The van der Waals surface area contributed by atoms with E-state index in [0.717, 1.165) is 0 Å². The van der Waals surface area contributed by atoms with Gasteiger partial charge in [0.1, 0.15) is 5.75 Å². The predicted octanol–water partition coefficient (Wildman–Crippen LogP) is 1.70. The summed E-state index contributed by atoms with van der Waals surface area (Å²) >= 11 is 0. The van der Waals surface area contributed by atoms with Crippen LogP contribution in [0.2, 0.25) is 0 Å². The fraction of sp³-hybridized carbons (Fsp3) is 0.300. The van der Waals surface area contributed by atoms with E-state index in [9.17, 15) is 18.0 Å². The van der Waals surface area contributed by atoms with E-state index >= 15 is 0 Å². The third kappa shape index (κ3) is 3.86. The van der Waals surface area contributed by atoms with Gasteiger partial charge in [-0.3, -0.25) is 4.79 Å². The Morgan fingerprint density at radius 3 is 2.53 bits per heavy atom. The van der Waals surface area contributed by atoms with Gasteiger partial charge in [-0.2, -0.15) is 13.2 Å². The standard InChI is InChI=1S/C10H11F3N2O2/c11-10(12,13)4-5-17-7-3-1-2-6(8(7)14)9(15)16/h1-3H,4-5,14H2,(H2,15,16). The third-order valence-corrected chi connectivity index (χ3v) is 1.97. The zero-order valence-corrected chi connectivity index (χ0v) is 8.75. The van der Waals surface area contributed by atoms with Crippen LogP contribution in [0, 0.1) is 0 Å². The number of hydrogen-bond donors (Lipinski definition) is 2. The summed E-state index contributed by atoms with van der Waals surface area (Å²) in [6, 6.07) is 4.17.